The van der Waals surface area contributed by atoms with Crippen LogP contribution in [0, 0.1) is 23.7 Å². The Morgan fingerprint density at radius 3 is 2.85 bits per heavy atom. The van der Waals surface area contributed by atoms with E-state index in [4.69, 9.17) is 0 Å². The SMILES string of the molecule is CN(C)c1ncccc1NC1CC2CC1C1CCCC21. The first-order valence-corrected chi connectivity index (χ1v) is 8.13. The van der Waals surface area contributed by atoms with Gasteiger partial charge in [-0.3, -0.25) is 0 Å². The van der Waals surface area contributed by atoms with Crippen molar-refractivity contribution in [3.8, 4) is 0 Å². The van der Waals surface area contributed by atoms with E-state index in [0.29, 0.717) is 6.04 Å². The Hall–Kier alpha value is -1.25. The lowest BCUT2D eigenvalue weighted by molar-refractivity contribution is 0.243. The average Bonchev–Trinajstić information content (AvgIpc) is 3.10. The smallest absolute Gasteiger partial charge is 0.151 e. The van der Waals surface area contributed by atoms with Crippen LogP contribution in [0.3, 0.4) is 0 Å². The quantitative estimate of drug-likeness (QED) is 0.913. The van der Waals surface area contributed by atoms with Crippen LogP contribution in [-0.4, -0.2) is 25.1 Å². The normalized spacial score (nSPS) is 38.0. The van der Waals surface area contributed by atoms with Crippen LogP contribution in [0.25, 0.3) is 0 Å². The zero-order chi connectivity index (χ0) is 13.7. The largest absolute Gasteiger partial charge is 0.379 e. The monoisotopic (exact) mass is 271 g/mol. The fourth-order valence-electron chi connectivity index (χ4n) is 5.30. The van der Waals surface area contributed by atoms with Crippen molar-refractivity contribution < 1.29 is 0 Å². The summed E-state index contributed by atoms with van der Waals surface area (Å²) >= 11 is 0. The molecule has 3 aliphatic rings. The highest BCUT2D eigenvalue weighted by atomic mass is 15.2. The third-order valence-corrected chi connectivity index (χ3v) is 5.98. The van der Waals surface area contributed by atoms with Crippen molar-refractivity contribution in [2.75, 3.05) is 24.3 Å². The van der Waals surface area contributed by atoms with Gasteiger partial charge >= 0.3 is 0 Å². The summed E-state index contributed by atoms with van der Waals surface area (Å²) in [5, 5.41) is 3.83. The van der Waals surface area contributed by atoms with Crippen molar-refractivity contribution in [2.45, 2.75) is 38.1 Å². The Balaban J connectivity index is 1.54. The number of aromatic nitrogens is 1. The molecule has 0 aromatic carbocycles. The van der Waals surface area contributed by atoms with Crippen LogP contribution < -0.4 is 10.2 Å². The molecule has 5 unspecified atom stereocenters. The first-order valence-electron chi connectivity index (χ1n) is 8.13. The van der Waals surface area contributed by atoms with Gasteiger partial charge in [-0.2, -0.15) is 0 Å². The predicted molar refractivity (Wildman–Crippen MR) is 83.0 cm³/mol. The van der Waals surface area contributed by atoms with E-state index in [-0.39, 0.29) is 0 Å². The van der Waals surface area contributed by atoms with Gasteiger partial charge in [0.2, 0.25) is 0 Å². The summed E-state index contributed by atoms with van der Waals surface area (Å²) < 4.78 is 0. The fourth-order valence-corrected chi connectivity index (χ4v) is 5.30. The number of hydrogen-bond acceptors (Lipinski definition) is 3. The van der Waals surface area contributed by atoms with Crippen molar-refractivity contribution in [2.24, 2.45) is 23.7 Å². The van der Waals surface area contributed by atoms with E-state index in [1.807, 2.05) is 12.3 Å². The van der Waals surface area contributed by atoms with E-state index in [1.165, 1.54) is 37.8 Å². The van der Waals surface area contributed by atoms with E-state index in [0.717, 1.165) is 29.5 Å². The Bertz CT molecular complexity index is 499. The van der Waals surface area contributed by atoms with Crippen molar-refractivity contribution in [3.63, 3.8) is 0 Å². The molecule has 3 heteroatoms. The maximum Gasteiger partial charge on any atom is 0.151 e. The van der Waals surface area contributed by atoms with Crippen molar-refractivity contribution in [1.82, 2.24) is 4.98 Å². The number of hydrogen-bond donors (Lipinski definition) is 1. The molecule has 0 spiro atoms. The fraction of sp³-hybridized carbons (Fsp3) is 0.706. The molecule has 3 nitrogen and oxygen atoms in total. The lowest BCUT2D eigenvalue weighted by atomic mass is 9.79. The molecule has 3 saturated carbocycles. The molecular formula is C17H25N3. The Kier molecular flexibility index (Phi) is 2.90. The number of pyridine rings is 1. The molecule has 1 aromatic heterocycles. The zero-order valence-electron chi connectivity index (χ0n) is 12.5. The summed E-state index contributed by atoms with van der Waals surface area (Å²) in [6, 6.07) is 4.91. The predicted octanol–water partition coefficient (Wildman–Crippen LogP) is 3.38. The molecule has 0 aliphatic heterocycles. The van der Waals surface area contributed by atoms with Crippen LogP contribution in [-0.2, 0) is 0 Å². The first-order chi connectivity index (χ1) is 9.74. The lowest BCUT2D eigenvalue weighted by Crippen LogP contribution is -2.34. The highest BCUT2D eigenvalue weighted by molar-refractivity contribution is 5.65. The summed E-state index contributed by atoms with van der Waals surface area (Å²) in [6.45, 7) is 0. The van der Waals surface area contributed by atoms with Crippen LogP contribution >= 0.6 is 0 Å². The number of nitrogens with zero attached hydrogens (tertiary/aromatic N) is 2. The third-order valence-electron chi connectivity index (χ3n) is 5.98. The van der Waals surface area contributed by atoms with Gasteiger partial charge in [-0.25, -0.2) is 4.98 Å². The second kappa shape index (κ2) is 4.64. The maximum absolute atomic E-state index is 4.51. The summed E-state index contributed by atoms with van der Waals surface area (Å²) in [7, 11) is 4.14. The zero-order valence-corrected chi connectivity index (χ0v) is 12.5. The summed E-state index contributed by atoms with van der Waals surface area (Å²) in [4.78, 5) is 6.62. The van der Waals surface area contributed by atoms with E-state index in [9.17, 15) is 0 Å². The molecule has 4 rings (SSSR count). The van der Waals surface area contributed by atoms with Gasteiger partial charge in [-0.15, -0.1) is 0 Å². The lowest BCUT2D eigenvalue weighted by Gasteiger charge is -2.33. The minimum atomic E-state index is 0.683. The molecule has 0 amide bonds. The number of anilines is 2. The third kappa shape index (κ3) is 1.82. The molecule has 2 bridgehead atoms. The van der Waals surface area contributed by atoms with Gasteiger partial charge in [-0.05, 0) is 61.5 Å². The Morgan fingerprint density at radius 1 is 1.15 bits per heavy atom. The first kappa shape index (κ1) is 12.5. The van der Waals surface area contributed by atoms with Crippen LogP contribution in [0.15, 0.2) is 18.3 Å². The summed E-state index contributed by atoms with van der Waals surface area (Å²) in [5.41, 5.74) is 1.21. The van der Waals surface area contributed by atoms with E-state index >= 15 is 0 Å². The van der Waals surface area contributed by atoms with Gasteiger partial charge in [-0.1, -0.05) is 6.42 Å². The topological polar surface area (TPSA) is 28.2 Å². The molecule has 1 aromatic rings. The van der Waals surface area contributed by atoms with E-state index in [1.54, 1.807) is 0 Å². The van der Waals surface area contributed by atoms with Gasteiger partial charge in [0.15, 0.2) is 5.82 Å². The molecular weight excluding hydrogens is 246 g/mol. The number of nitrogens with one attached hydrogen (secondary N) is 1. The molecule has 0 radical (unpaired) electrons. The minimum absolute atomic E-state index is 0.683. The van der Waals surface area contributed by atoms with Gasteiger partial charge in [0, 0.05) is 26.3 Å². The standard InChI is InChI=1S/C17H25N3/c1-20(2)17-15(7-4-8-18-17)19-16-10-11-9-14(16)13-6-3-5-12(11)13/h4,7-8,11-14,16,19H,3,5-6,9-10H2,1-2H3. The van der Waals surface area contributed by atoms with Crippen molar-refractivity contribution in [1.29, 1.82) is 0 Å². The maximum atomic E-state index is 4.51. The summed E-state index contributed by atoms with van der Waals surface area (Å²) in [6.07, 6.45) is 9.21. The van der Waals surface area contributed by atoms with Crippen molar-refractivity contribution in [3.05, 3.63) is 18.3 Å². The van der Waals surface area contributed by atoms with Crippen molar-refractivity contribution >= 4 is 11.5 Å². The Morgan fingerprint density at radius 2 is 2.00 bits per heavy atom. The average molecular weight is 271 g/mol. The second-order valence-corrected chi connectivity index (χ2v) is 7.17. The van der Waals surface area contributed by atoms with E-state index < -0.39 is 0 Å². The van der Waals surface area contributed by atoms with E-state index in [2.05, 4.69) is 35.4 Å². The summed E-state index contributed by atoms with van der Waals surface area (Å²) in [5.74, 6) is 5.08. The number of fused-ring (bicyclic) bond motifs is 5. The van der Waals surface area contributed by atoms with Crippen LogP contribution in [0.5, 0.6) is 0 Å². The van der Waals surface area contributed by atoms with Gasteiger partial charge in [0.25, 0.3) is 0 Å². The molecule has 3 aliphatic carbocycles. The number of rotatable bonds is 3. The highest BCUT2D eigenvalue weighted by Gasteiger charge is 2.53. The molecule has 1 N–H and O–H groups in total. The van der Waals surface area contributed by atoms with Crippen LogP contribution in [0.1, 0.15) is 32.1 Å². The van der Waals surface area contributed by atoms with Gasteiger partial charge < -0.3 is 10.2 Å². The highest BCUT2D eigenvalue weighted by Crippen LogP contribution is 2.59. The molecule has 5 atom stereocenters. The second-order valence-electron chi connectivity index (χ2n) is 7.17. The molecule has 3 fully saturated rings. The van der Waals surface area contributed by atoms with Gasteiger partial charge in [0.1, 0.15) is 0 Å². The molecule has 20 heavy (non-hydrogen) atoms. The minimum Gasteiger partial charge on any atom is -0.379 e. The van der Waals surface area contributed by atoms with Crippen LogP contribution in [0.4, 0.5) is 11.5 Å². The van der Waals surface area contributed by atoms with Gasteiger partial charge in [0.05, 0.1) is 5.69 Å². The molecule has 0 saturated heterocycles. The molecule has 108 valence electrons. The van der Waals surface area contributed by atoms with Crippen LogP contribution in [0.2, 0.25) is 0 Å². The Labute approximate surface area is 121 Å². The molecule has 1 heterocycles.